The molecule has 2 N–H and O–H groups in total. The molecule has 1 aromatic carbocycles. The van der Waals surface area contributed by atoms with Crippen LogP contribution in [0.3, 0.4) is 0 Å². The van der Waals surface area contributed by atoms with E-state index in [1.54, 1.807) is 20.3 Å². The molecule has 16 heavy (non-hydrogen) atoms. The molecule has 0 aliphatic heterocycles. The van der Waals surface area contributed by atoms with Crippen molar-refractivity contribution in [2.45, 2.75) is 20.0 Å². The Kier molecular flexibility index (Phi) is 2.63. The first-order valence-corrected chi connectivity index (χ1v) is 4.93. The molecule has 0 bridgehead atoms. The quantitative estimate of drug-likeness (QED) is 0.850. The molecule has 1 aromatic heterocycles. The predicted octanol–water partition coefficient (Wildman–Crippen LogP) is 2.30. The van der Waals surface area contributed by atoms with Crippen molar-refractivity contribution in [3.05, 3.63) is 35.9 Å². The van der Waals surface area contributed by atoms with E-state index in [1.807, 2.05) is 0 Å². The summed E-state index contributed by atoms with van der Waals surface area (Å²) in [6.07, 6.45) is 1.29. The number of rotatable bonds is 2. The Bertz CT molecular complexity index is 533. The van der Waals surface area contributed by atoms with Crippen molar-refractivity contribution in [1.82, 2.24) is 9.78 Å². The largest absolute Gasteiger partial charge is 0.309 e. The average Bonchev–Trinajstić information content (AvgIpc) is 2.56. The van der Waals surface area contributed by atoms with E-state index >= 15 is 0 Å². The molecule has 0 saturated carbocycles. The second-order valence-electron chi connectivity index (χ2n) is 3.64. The fraction of sp³-hybridized carbons (Fsp3) is 0.273. The first-order valence-electron chi connectivity index (χ1n) is 4.93. The number of hydrogen-bond donors (Lipinski definition) is 1. The van der Waals surface area contributed by atoms with E-state index in [-0.39, 0.29) is 0 Å². The van der Waals surface area contributed by atoms with Crippen molar-refractivity contribution in [1.29, 1.82) is 0 Å². The van der Waals surface area contributed by atoms with Crippen molar-refractivity contribution < 1.29 is 8.78 Å². The van der Waals surface area contributed by atoms with E-state index in [2.05, 4.69) is 5.10 Å². The third-order valence-electron chi connectivity index (χ3n) is 2.56. The molecule has 0 amide bonds. The van der Waals surface area contributed by atoms with Crippen molar-refractivity contribution in [3.63, 3.8) is 0 Å². The van der Waals surface area contributed by atoms with Crippen LogP contribution in [0.2, 0.25) is 0 Å². The molecule has 5 heteroatoms. The summed E-state index contributed by atoms with van der Waals surface area (Å²) in [7, 11) is 0. The zero-order valence-electron chi connectivity index (χ0n) is 9.04. The second-order valence-corrected chi connectivity index (χ2v) is 3.64. The van der Waals surface area contributed by atoms with E-state index in [9.17, 15) is 8.78 Å². The van der Waals surface area contributed by atoms with Crippen molar-refractivity contribution >= 4 is 10.9 Å². The molecule has 0 aliphatic carbocycles. The van der Waals surface area contributed by atoms with Gasteiger partial charge in [0, 0.05) is 11.5 Å². The first kappa shape index (κ1) is 11.0. The van der Waals surface area contributed by atoms with Gasteiger partial charge >= 0.3 is 0 Å². The van der Waals surface area contributed by atoms with Crippen LogP contribution in [-0.4, -0.2) is 9.78 Å². The van der Waals surface area contributed by atoms with Crippen LogP contribution >= 0.6 is 0 Å². The van der Waals surface area contributed by atoms with E-state index in [1.165, 1.54) is 4.68 Å². The minimum atomic E-state index is -0.892. The SMILES string of the molecule is C[CH]C(N)n1nc(C)c2cc(F)c(F)cc21. The van der Waals surface area contributed by atoms with Gasteiger partial charge in [0.15, 0.2) is 11.6 Å². The number of hydrogen-bond acceptors (Lipinski definition) is 2. The van der Waals surface area contributed by atoms with Crippen LogP contribution in [0.25, 0.3) is 10.9 Å². The lowest BCUT2D eigenvalue weighted by molar-refractivity contribution is 0.507. The Morgan fingerprint density at radius 2 is 2.00 bits per heavy atom. The number of aromatic nitrogens is 2. The van der Waals surface area contributed by atoms with E-state index < -0.39 is 17.8 Å². The van der Waals surface area contributed by atoms with Gasteiger partial charge in [0.25, 0.3) is 0 Å². The van der Waals surface area contributed by atoms with Crippen LogP contribution in [0.1, 0.15) is 18.8 Å². The molecular formula is C11H12F2N3. The molecule has 2 rings (SSSR count). The summed E-state index contributed by atoms with van der Waals surface area (Å²) in [5.74, 6) is -1.76. The van der Waals surface area contributed by atoms with Crippen molar-refractivity contribution in [3.8, 4) is 0 Å². The Morgan fingerprint density at radius 3 is 2.62 bits per heavy atom. The molecular weight excluding hydrogens is 212 g/mol. The summed E-state index contributed by atoms with van der Waals surface area (Å²) < 4.78 is 27.7. The number of nitrogens with two attached hydrogens (primary N) is 1. The van der Waals surface area contributed by atoms with Crippen LogP contribution < -0.4 is 5.73 Å². The molecule has 3 nitrogen and oxygen atoms in total. The number of halogens is 2. The van der Waals surface area contributed by atoms with Crippen LogP contribution in [-0.2, 0) is 0 Å². The maximum absolute atomic E-state index is 13.1. The van der Waals surface area contributed by atoms with Gasteiger partial charge in [0.2, 0.25) is 0 Å². The van der Waals surface area contributed by atoms with Gasteiger partial charge in [0.1, 0.15) is 6.17 Å². The lowest BCUT2D eigenvalue weighted by Gasteiger charge is -2.10. The molecule has 1 radical (unpaired) electrons. The second kappa shape index (κ2) is 3.83. The molecule has 2 aromatic rings. The highest BCUT2D eigenvalue weighted by atomic mass is 19.2. The summed E-state index contributed by atoms with van der Waals surface area (Å²) in [5, 5.41) is 4.75. The fourth-order valence-electron chi connectivity index (χ4n) is 1.65. The minimum Gasteiger partial charge on any atom is -0.309 e. The minimum absolute atomic E-state index is 0.443. The molecule has 0 fully saturated rings. The van der Waals surface area contributed by atoms with Gasteiger partial charge < -0.3 is 5.73 Å². The highest BCUT2D eigenvalue weighted by Gasteiger charge is 2.15. The fourth-order valence-corrected chi connectivity index (χ4v) is 1.65. The van der Waals surface area contributed by atoms with Gasteiger partial charge in [-0.2, -0.15) is 5.10 Å². The van der Waals surface area contributed by atoms with Gasteiger partial charge in [-0.1, -0.05) is 6.92 Å². The normalized spacial score (nSPS) is 13.3. The predicted molar refractivity (Wildman–Crippen MR) is 57.6 cm³/mol. The lowest BCUT2D eigenvalue weighted by atomic mass is 10.2. The molecule has 1 atom stereocenters. The molecule has 0 spiro atoms. The average molecular weight is 224 g/mol. The highest BCUT2D eigenvalue weighted by molar-refractivity contribution is 5.82. The Balaban J connectivity index is 2.73. The Hall–Kier alpha value is -1.49. The smallest absolute Gasteiger partial charge is 0.161 e. The van der Waals surface area contributed by atoms with E-state index in [0.29, 0.717) is 16.6 Å². The van der Waals surface area contributed by atoms with E-state index in [4.69, 9.17) is 5.73 Å². The zero-order chi connectivity index (χ0) is 11.9. The summed E-state index contributed by atoms with van der Waals surface area (Å²) in [5.41, 5.74) is 6.92. The van der Waals surface area contributed by atoms with Gasteiger partial charge in [-0.05, 0) is 19.4 Å². The summed E-state index contributed by atoms with van der Waals surface area (Å²) in [6.45, 7) is 3.52. The monoisotopic (exact) mass is 224 g/mol. The number of aryl methyl sites for hydroxylation is 1. The van der Waals surface area contributed by atoms with Crippen LogP contribution in [0.4, 0.5) is 8.78 Å². The third-order valence-corrected chi connectivity index (χ3v) is 2.56. The third kappa shape index (κ3) is 1.57. The molecule has 0 saturated heterocycles. The van der Waals surface area contributed by atoms with Crippen molar-refractivity contribution in [2.24, 2.45) is 5.73 Å². The maximum Gasteiger partial charge on any atom is 0.161 e. The highest BCUT2D eigenvalue weighted by Crippen LogP contribution is 2.23. The summed E-state index contributed by atoms with van der Waals surface area (Å²) in [6, 6.07) is 2.26. The maximum atomic E-state index is 13.1. The molecule has 1 heterocycles. The number of nitrogens with zero attached hydrogens (tertiary/aromatic N) is 2. The van der Waals surface area contributed by atoms with Crippen LogP contribution in [0.15, 0.2) is 12.1 Å². The van der Waals surface area contributed by atoms with Crippen LogP contribution in [0, 0.1) is 25.0 Å². The Labute approximate surface area is 91.9 Å². The molecule has 85 valence electrons. The van der Waals surface area contributed by atoms with Crippen molar-refractivity contribution in [2.75, 3.05) is 0 Å². The molecule has 0 aliphatic rings. The standard InChI is InChI=1S/C11H12F2N3/c1-3-11(14)16-10-5-9(13)8(12)4-7(10)6(2)15-16/h3-5,11H,14H2,1-2H3. The van der Waals surface area contributed by atoms with Gasteiger partial charge in [-0.3, -0.25) is 0 Å². The van der Waals surface area contributed by atoms with Gasteiger partial charge in [0.05, 0.1) is 11.2 Å². The van der Waals surface area contributed by atoms with Crippen LogP contribution in [0.5, 0.6) is 0 Å². The topological polar surface area (TPSA) is 43.8 Å². The molecule has 1 unspecified atom stereocenters. The lowest BCUT2D eigenvalue weighted by Crippen LogP contribution is -2.19. The summed E-state index contributed by atoms with van der Waals surface area (Å²) >= 11 is 0. The summed E-state index contributed by atoms with van der Waals surface area (Å²) in [4.78, 5) is 0. The zero-order valence-corrected chi connectivity index (χ0v) is 9.04. The first-order chi connectivity index (χ1) is 7.54. The number of fused-ring (bicyclic) bond motifs is 1. The van der Waals surface area contributed by atoms with Gasteiger partial charge in [-0.25, -0.2) is 13.5 Å². The number of benzene rings is 1. The Morgan fingerprint density at radius 1 is 1.38 bits per heavy atom. The van der Waals surface area contributed by atoms with E-state index in [0.717, 1.165) is 12.1 Å². The van der Waals surface area contributed by atoms with Gasteiger partial charge in [-0.15, -0.1) is 0 Å².